The fraction of sp³-hybridized carbons (Fsp3) is 0.118. The third-order valence-corrected chi connectivity index (χ3v) is 4.81. The van der Waals surface area contributed by atoms with Crippen molar-refractivity contribution in [3.05, 3.63) is 47.3 Å². The van der Waals surface area contributed by atoms with E-state index >= 15 is 0 Å². The van der Waals surface area contributed by atoms with Crippen LogP contribution in [0.2, 0.25) is 0 Å². The van der Waals surface area contributed by atoms with Crippen LogP contribution < -0.4 is 16.0 Å². The number of nitrogens with one attached hydrogen (secondary N) is 4. The number of thiophene rings is 1. The van der Waals surface area contributed by atoms with E-state index in [0.717, 1.165) is 4.88 Å². The minimum absolute atomic E-state index is 0.104. The molecule has 0 bridgehead atoms. The quantitative estimate of drug-likeness (QED) is 0.545. The number of H-pyrrole nitrogens is 1. The molecule has 4 rings (SSSR count). The van der Waals surface area contributed by atoms with E-state index in [2.05, 4.69) is 31.1 Å². The number of hydrogen-bond donors (Lipinski definition) is 4. The Morgan fingerprint density at radius 1 is 1.19 bits per heavy atom. The van der Waals surface area contributed by atoms with Crippen molar-refractivity contribution in [2.24, 2.45) is 0 Å². The highest BCUT2D eigenvalue weighted by atomic mass is 32.1. The van der Waals surface area contributed by atoms with Gasteiger partial charge in [-0.2, -0.15) is 4.98 Å². The van der Waals surface area contributed by atoms with Gasteiger partial charge in [-0.1, -0.05) is 18.2 Å². The summed E-state index contributed by atoms with van der Waals surface area (Å²) in [5.41, 5.74) is 0.765. The molecule has 3 heterocycles. The average Bonchev–Trinajstić information content (AvgIpc) is 3.31. The van der Waals surface area contributed by atoms with Crippen molar-refractivity contribution in [2.45, 2.75) is 12.5 Å². The Labute approximate surface area is 157 Å². The first-order valence-electron chi connectivity index (χ1n) is 8.07. The van der Waals surface area contributed by atoms with Gasteiger partial charge in [0.2, 0.25) is 17.8 Å². The summed E-state index contributed by atoms with van der Waals surface area (Å²) < 4.78 is 0. The number of nitrogens with zero attached hydrogens (tertiary/aromatic N) is 2. The van der Waals surface area contributed by atoms with Gasteiger partial charge in [0.25, 0.3) is 5.91 Å². The van der Waals surface area contributed by atoms with E-state index in [4.69, 9.17) is 0 Å². The Morgan fingerprint density at radius 3 is 2.85 bits per heavy atom. The fourth-order valence-corrected chi connectivity index (χ4v) is 3.32. The maximum absolute atomic E-state index is 12.3. The Hall–Kier alpha value is -3.53. The van der Waals surface area contributed by atoms with Gasteiger partial charge >= 0.3 is 0 Å². The molecule has 2 aromatic heterocycles. The van der Waals surface area contributed by atoms with Crippen LogP contribution >= 0.6 is 11.3 Å². The van der Waals surface area contributed by atoms with Gasteiger partial charge in [0.15, 0.2) is 5.82 Å². The number of carbonyl (C=O) groups is 3. The molecule has 0 fully saturated rings. The van der Waals surface area contributed by atoms with Gasteiger partial charge in [0.1, 0.15) is 6.04 Å². The Morgan fingerprint density at radius 2 is 2.04 bits per heavy atom. The SMILES string of the molecule is O=C(C[C@@H]1NC(=O)c2ccccc2NC1=O)Nc1n[nH]c(-c2cccs2)n1. The lowest BCUT2D eigenvalue weighted by atomic mass is 10.1. The predicted octanol–water partition coefficient (Wildman–Crippen LogP) is 1.61. The van der Waals surface area contributed by atoms with Crippen LogP contribution in [0.4, 0.5) is 11.6 Å². The summed E-state index contributed by atoms with van der Waals surface area (Å²) in [5.74, 6) is -0.723. The monoisotopic (exact) mass is 382 g/mol. The molecule has 1 aliphatic rings. The Kier molecular flexibility index (Phi) is 4.38. The zero-order chi connectivity index (χ0) is 18.8. The summed E-state index contributed by atoms with van der Waals surface area (Å²) in [7, 11) is 0. The number of benzene rings is 1. The Balaban J connectivity index is 1.42. The molecule has 0 unspecified atom stereocenters. The molecule has 0 saturated carbocycles. The predicted molar refractivity (Wildman–Crippen MR) is 99.3 cm³/mol. The molecule has 0 aliphatic carbocycles. The largest absolute Gasteiger partial charge is 0.340 e. The zero-order valence-electron chi connectivity index (χ0n) is 13.9. The first-order chi connectivity index (χ1) is 13.1. The van der Waals surface area contributed by atoms with E-state index in [-0.39, 0.29) is 12.4 Å². The summed E-state index contributed by atoms with van der Waals surface area (Å²) >= 11 is 1.49. The average molecular weight is 382 g/mol. The molecule has 4 N–H and O–H groups in total. The number of aromatic amines is 1. The van der Waals surface area contributed by atoms with E-state index in [1.54, 1.807) is 24.3 Å². The van der Waals surface area contributed by atoms with E-state index < -0.39 is 23.8 Å². The van der Waals surface area contributed by atoms with Crippen LogP contribution in [-0.2, 0) is 9.59 Å². The van der Waals surface area contributed by atoms with Gasteiger partial charge in [-0.3, -0.25) is 24.8 Å². The van der Waals surface area contributed by atoms with Crippen molar-refractivity contribution in [2.75, 3.05) is 10.6 Å². The first kappa shape index (κ1) is 16.9. The molecular formula is C17H14N6O3S. The number of para-hydroxylation sites is 1. The molecule has 27 heavy (non-hydrogen) atoms. The molecule has 0 radical (unpaired) electrons. The number of amides is 3. The molecule has 9 nitrogen and oxygen atoms in total. The van der Waals surface area contributed by atoms with Crippen LogP contribution in [0.25, 0.3) is 10.7 Å². The number of rotatable bonds is 4. The maximum Gasteiger partial charge on any atom is 0.254 e. The lowest BCUT2D eigenvalue weighted by Gasteiger charge is -2.13. The van der Waals surface area contributed by atoms with E-state index in [9.17, 15) is 14.4 Å². The van der Waals surface area contributed by atoms with Crippen LogP contribution in [0.15, 0.2) is 41.8 Å². The lowest BCUT2D eigenvalue weighted by Crippen LogP contribution is -2.43. The van der Waals surface area contributed by atoms with Crippen LogP contribution in [0.1, 0.15) is 16.8 Å². The standard InChI is InChI=1S/C17H14N6O3S/c24-13(20-17-21-14(22-23-17)12-6-3-7-27-12)8-11-16(26)18-10-5-2-1-4-9(10)15(25)19-11/h1-7,11H,8H2,(H,18,26)(H,19,25)(H2,20,21,22,23,24)/t11-/m0/s1. The van der Waals surface area contributed by atoms with Crippen molar-refractivity contribution in [3.63, 3.8) is 0 Å². The zero-order valence-corrected chi connectivity index (χ0v) is 14.7. The summed E-state index contributed by atoms with van der Waals surface area (Å²) in [5, 5.41) is 16.3. The molecule has 3 aromatic rings. The fourth-order valence-electron chi connectivity index (χ4n) is 2.66. The van der Waals surface area contributed by atoms with E-state index in [1.807, 2.05) is 17.5 Å². The molecule has 136 valence electrons. The lowest BCUT2D eigenvalue weighted by molar-refractivity contribution is -0.122. The molecule has 1 atom stereocenters. The first-order valence-corrected chi connectivity index (χ1v) is 8.95. The topological polar surface area (TPSA) is 129 Å². The Bertz CT molecular complexity index is 1010. The van der Waals surface area contributed by atoms with Crippen molar-refractivity contribution in [1.82, 2.24) is 20.5 Å². The van der Waals surface area contributed by atoms with Crippen molar-refractivity contribution >= 4 is 40.7 Å². The second-order valence-corrected chi connectivity index (χ2v) is 6.75. The number of aromatic nitrogens is 3. The van der Waals surface area contributed by atoms with E-state index in [0.29, 0.717) is 17.1 Å². The van der Waals surface area contributed by atoms with Crippen LogP contribution in [0.3, 0.4) is 0 Å². The normalized spacial score (nSPS) is 16.1. The number of carbonyl (C=O) groups excluding carboxylic acids is 3. The van der Waals surface area contributed by atoms with Gasteiger partial charge in [0.05, 0.1) is 22.5 Å². The van der Waals surface area contributed by atoms with Crippen LogP contribution in [0.5, 0.6) is 0 Å². The molecule has 0 saturated heterocycles. The molecular weight excluding hydrogens is 368 g/mol. The van der Waals surface area contributed by atoms with Gasteiger partial charge in [-0.05, 0) is 23.6 Å². The van der Waals surface area contributed by atoms with Gasteiger partial charge in [-0.15, -0.1) is 16.4 Å². The maximum atomic E-state index is 12.3. The highest BCUT2D eigenvalue weighted by Gasteiger charge is 2.29. The second-order valence-electron chi connectivity index (χ2n) is 5.80. The van der Waals surface area contributed by atoms with Crippen LogP contribution in [-0.4, -0.2) is 38.9 Å². The summed E-state index contributed by atoms with van der Waals surface area (Å²) in [6, 6.07) is 9.41. The summed E-state index contributed by atoms with van der Waals surface area (Å²) in [6.07, 6.45) is -0.242. The molecule has 10 heteroatoms. The van der Waals surface area contributed by atoms with Gasteiger partial charge in [0, 0.05) is 0 Å². The highest BCUT2D eigenvalue weighted by Crippen LogP contribution is 2.22. The minimum atomic E-state index is -0.999. The van der Waals surface area contributed by atoms with Gasteiger partial charge < -0.3 is 10.6 Å². The summed E-state index contributed by atoms with van der Waals surface area (Å²) in [6.45, 7) is 0. The third kappa shape index (κ3) is 3.55. The number of hydrogen-bond acceptors (Lipinski definition) is 6. The second kappa shape index (κ2) is 7.00. The molecule has 0 spiro atoms. The van der Waals surface area contributed by atoms with Gasteiger partial charge in [-0.25, -0.2) is 0 Å². The van der Waals surface area contributed by atoms with Crippen molar-refractivity contribution in [3.8, 4) is 10.7 Å². The summed E-state index contributed by atoms with van der Waals surface area (Å²) in [4.78, 5) is 42.0. The van der Waals surface area contributed by atoms with E-state index in [1.165, 1.54) is 11.3 Å². The molecule has 1 aromatic carbocycles. The number of fused-ring (bicyclic) bond motifs is 1. The third-order valence-electron chi connectivity index (χ3n) is 3.93. The van der Waals surface area contributed by atoms with Crippen molar-refractivity contribution < 1.29 is 14.4 Å². The minimum Gasteiger partial charge on any atom is -0.340 e. The molecule has 3 amide bonds. The molecule has 1 aliphatic heterocycles. The highest BCUT2D eigenvalue weighted by molar-refractivity contribution is 7.13. The van der Waals surface area contributed by atoms with Crippen molar-refractivity contribution in [1.29, 1.82) is 0 Å². The number of anilines is 2. The smallest absolute Gasteiger partial charge is 0.254 e. The van der Waals surface area contributed by atoms with Crippen LogP contribution in [0, 0.1) is 0 Å².